The lowest BCUT2D eigenvalue weighted by Crippen LogP contribution is -2.34. The Balaban J connectivity index is 0.000000237. The summed E-state index contributed by atoms with van der Waals surface area (Å²) < 4.78 is 18.6. The summed E-state index contributed by atoms with van der Waals surface area (Å²) in [6.07, 6.45) is 0. The topological polar surface area (TPSA) is 148 Å². The molecule has 0 aliphatic carbocycles. The Bertz CT molecular complexity index is 2150. The van der Waals surface area contributed by atoms with Crippen LogP contribution in [-0.4, -0.2) is 26.6 Å². The molecule has 5 rings (SSSR count). The lowest BCUT2D eigenvalue weighted by molar-refractivity contribution is 0.406. The van der Waals surface area contributed by atoms with Crippen molar-refractivity contribution in [2.75, 3.05) is 7.11 Å². The molecule has 3 aromatic carbocycles. The van der Waals surface area contributed by atoms with Crippen molar-refractivity contribution < 1.29 is 14.2 Å². The second kappa shape index (κ2) is 15.5. The number of aromatic amines is 3. The first-order valence-electron chi connectivity index (χ1n) is 16.0. The number of aromatic nitrogens is 4. The van der Waals surface area contributed by atoms with Crippen molar-refractivity contribution in [3.05, 3.63) is 141 Å². The summed E-state index contributed by atoms with van der Waals surface area (Å²) in [5.74, 6) is 2.17. The second-order valence-corrected chi connectivity index (χ2v) is 12.7. The van der Waals surface area contributed by atoms with Gasteiger partial charge in [-0.2, -0.15) is 0 Å². The highest BCUT2D eigenvalue weighted by Gasteiger charge is 2.21. The van der Waals surface area contributed by atoms with Crippen LogP contribution >= 0.6 is 0 Å². The van der Waals surface area contributed by atoms with Gasteiger partial charge in [0.25, 0.3) is 11.1 Å². The van der Waals surface area contributed by atoms with Crippen molar-refractivity contribution in [3.63, 3.8) is 0 Å². The highest BCUT2D eigenvalue weighted by molar-refractivity contribution is 5.40. The molecule has 11 nitrogen and oxygen atoms in total. The van der Waals surface area contributed by atoms with Crippen LogP contribution in [0.4, 0.5) is 0 Å². The molecule has 0 amide bonds. The zero-order valence-corrected chi connectivity index (χ0v) is 29.4. The number of nitrogens with zero attached hydrogens (tertiary/aromatic N) is 1. The number of benzene rings is 3. The summed E-state index contributed by atoms with van der Waals surface area (Å²) in [6, 6.07) is 19.0. The normalized spacial score (nSPS) is 10.9. The van der Waals surface area contributed by atoms with Gasteiger partial charge in [0.05, 0.1) is 24.8 Å². The molecule has 0 fully saturated rings. The molecule has 5 aromatic rings. The van der Waals surface area contributed by atoms with Gasteiger partial charge in [-0.25, -0.2) is 9.59 Å². The summed E-state index contributed by atoms with van der Waals surface area (Å²) in [7, 11) is 1.59. The third-order valence-electron chi connectivity index (χ3n) is 7.58. The minimum Gasteiger partial charge on any atom is -0.497 e. The zero-order chi connectivity index (χ0) is 36.0. The summed E-state index contributed by atoms with van der Waals surface area (Å²) in [5, 5.41) is 0. The Kier molecular flexibility index (Phi) is 11.5. The molecule has 0 saturated carbocycles. The molecule has 0 spiro atoms. The molecule has 2 aromatic heterocycles. The van der Waals surface area contributed by atoms with E-state index in [1.807, 2.05) is 116 Å². The Morgan fingerprint density at radius 2 is 1.16 bits per heavy atom. The molecule has 0 aliphatic heterocycles. The van der Waals surface area contributed by atoms with Crippen molar-refractivity contribution in [1.29, 1.82) is 0 Å². The third kappa shape index (κ3) is 9.28. The number of methoxy groups -OCH3 is 1. The van der Waals surface area contributed by atoms with Gasteiger partial charge < -0.3 is 14.2 Å². The first-order chi connectivity index (χ1) is 23.1. The summed E-state index contributed by atoms with van der Waals surface area (Å²) in [5.41, 5.74) is 4.00. The molecule has 0 saturated heterocycles. The highest BCUT2D eigenvalue weighted by atomic mass is 16.5. The van der Waals surface area contributed by atoms with Gasteiger partial charge in [0, 0.05) is 0 Å². The van der Waals surface area contributed by atoms with Gasteiger partial charge in [-0.1, -0.05) is 52.0 Å². The fourth-order valence-corrected chi connectivity index (χ4v) is 5.58. The van der Waals surface area contributed by atoms with E-state index in [0.717, 1.165) is 27.8 Å². The fourth-order valence-electron chi connectivity index (χ4n) is 5.58. The maximum atomic E-state index is 12.7. The average Bonchev–Trinajstić information content (AvgIpc) is 2.97. The molecule has 0 atom stereocenters. The van der Waals surface area contributed by atoms with E-state index in [-0.39, 0.29) is 30.1 Å². The maximum Gasteiger partial charge on any atom is 0.331 e. The van der Waals surface area contributed by atoms with Gasteiger partial charge in [-0.15, -0.1) is 0 Å². The van der Waals surface area contributed by atoms with E-state index in [0.29, 0.717) is 28.4 Å². The summed E-state index contributed by atoms with van der Waals surface area (Å²) >= 11 is 0. The number of aryl methyl sites for hydroxylation is 4. The average molecular weight is 669 g/mol. The van der Waals surface area contributed by atoms with Gasteiger partial charge in [0.1, 0.15) is 17.2 Å². The van der Waals surface area contributed by atoms with Crippen molar-refractivity contribution in [2.45, 2.75) is 73.8 Å². The largest absolute Gasteiger partial charge is 0.497 e. The Morgan fingerprint density at radius 1 is 0.633 bits per heavy atom. The standard InChI is InChI=1S/C23H26N2O4.C15H18N2O3/c1-14(2)20-21(26)24-23(27)25(13-17-7-6-8-18(12-17)28-5)22(20)29-19-10-15(3)9-16(4)11-19;1-8(2)12-13(18)16-15(19)17-14(12)20-11-6-9(3)5-10(4)7-11/h6-12,14H,13H2,1-5H3,(H,24,26,27);5-8H,1-4H3,(H2,16,17,18,19). The Labute approximate surface area is 284 Å². The number of ether oxygens (including phenoxy) is 3. The van der Waals surface area contributed by atoms with E-state index >= 15 is 0 Å². The monoisotopic (exact) mass is 668 g/mol. The number of hydrogen-bond acceptors (Lipinski definition) is 7. The van der Waals surface area contributed by atoms with E-state index in [9.17, 15) is 19.2 Å². The van der Waals surface area contributed by atoms with Crippen molar-refractivity contribution in [1.82, 2.24) is 19.5 Å². The molecule has 0 unspecified atom stereocenters. The summed E-state index contributed by atoms with van der Waals surface area (Å²) in [4.78, 5) is 55.8. The van der Waals surface area contributed by atoms with E-state index in [2.05, 4.69) is 15.0 Å². The van der Waals surface area contributed by atoms with E-state index in [4.69, 9.17) is 14.2 Å². The van der Waals surface area contributed by atoms with Crippen LogP contribution in [0.15, 0.2) is 79.8 Å². The molecule has 0 radical (unpaired) electrons. The van der Waals surface area contributed by atoms with Crippen LogP contribution in [0, 0.1) is 27.7 Å². The van der Waals surface area contributed by atoms with Gasteiger partial charge in [-0.05, 0) is 104 Å². The van der Waals surface area contributed by atoms with Crippen LogP contribution in [0.25, 0.3) is 0 Å². The number of hydrogen-bond donors (Lipinski definition) is 3. The van der Waals surface area contributed by atoms with E-state index < -0.39 is 22.5 Å². The number of H-pyrrole nitrogens is 3. The molecule has 49 heavy (non-hydrogen) atoms. The molecule has 258 valence electrons. The maximum absolute atomic E-state index is 12.7. The minimum atomic E-state index is -0.571. The fraction of sp³-hybridized carbons (Fsp3) is 0.316. The second-order valence-electron chi connectivity index (χ2n) is 12.7. The quantitative estimate of drug-likeness (QED) is 0.158. The van der Waals surface area contributed by atoms with Crippen molar-refractivity contribution in [3.8, 4) is 29.0 Å². The van der Waals surface area contributed by atoms with Crippen molar-refractivity contribution >= 4 is 0 Å². The predicted molar refractivity (Wildman–Crippen MR) is 191 cm³/mol. The summed E-state index contributed by atoms with van der Waals surface area (Å²) in [6.45, 7) is 15.7. The van der Waals surface area contributed by atoms with Gasteiger partial charge in [0.15, 0.2) is 0 Å². The van der Waals surface area contributed by atoms with Crippen LogP contribution in [0.1, 0.15) is 78.5 Å². The number of nitrogens with one attached hydrogen (secondary N) is 3. The molecule has 2 heterocycles. The van der Waals surface area contributed by atoms with Crippen LogP contribution in [-0.2, 0) is 6.54 Å². The third-order valence-corrected chi connectivity index (χ3v) is 7.58. The van der Waals surface area contributed by atoms with Gasteiger partial charge in [0.2, 0.25) is 11.8 Å². The molecular weight excluding hydrogens is 624 g/mol. The Morgan fingerprint density at radius 3 is 1.69 bits per heavy atom. The van der Waals surface area contributed by atoms with E-state index in [1.165, 1.54) is 4.57 Å². The van der Waals surface area contributed by atoms with E-state index in [1.54, 1.807) is 7.11 Å². The molecule has 0 aliphatic rings. The van der Waals surface area contributed by atoms with Crippen molar-refractivity contribution in [2.24, 2.45) is 0 Å². The molecule has 0 bridgehead atoms. The lowest BCUT2D eigenvalue weighted by Gasteiger charge is -2.19. The smallest absolute Gasteiger partial charge is 0.331 e. The van der Waals surface area contributed by atoms with Gasteiger partial charge in [-0.3, -0.25) is 29.1 Å². The minimum absolute atomic E-state index is 0.0588. The van der Waals surface area contributed by atoms with Crippen LogP contribution < -0.4 is 36.7 Å². The molecule has 3 N–H and O–H groups in total. The van der Waals surface area contributed by atoms with Crippen LogP contribution in [0.3, 0.4) is 0 Å². The SMILES string of the molecule is COc1cccc(Cn2c(Oc3cc(C)cc(C)c3)c(C(C)C)c(=O)[nH]c2=O)c1.Cc1cc(C)cc(Oc2[nH]c(=O)[nH]c(=O)c2C(C)C)c1. The van der Waals surface area contributed by atoms with Crippen LogP contribution in [0.2, 0.25) is 0 Å². The zero-order valence-electron chi connectivity index (χ0n) is 29.4. The van der Waals surface area contributed by atoms with Crippen LogP contribution in [0.5, 0.6) is 29.0 Å². The number of rotatable bonds is 9. The predicted octanol–water partition coefficient (Wildman–Crippen LogP) is 6.72. The first-order valence-corrected chi connectivity index (χ1v) is 16.0. The Hall–Kier alpha value is -5.58. The lowest BCUT2D eigenvalue weighted by atomic mass is 10.1. The molecular formula is C38H44N4O7. The highest BCUT2D eigenvalue weighted by Crippen LogP contribution is 2.30. The van der Waals surface area contributed by atoms with Gasteiger partial charge >= 0.3 is 11.4 Å². The first kappa shape index (κ1) is 36.3. The molecule has 11 heteroatoms.